The summed E-state index contributed by atoms with van der Waals surface area (Å²) in [5.74, 6) is 2.59. The Labute approximate surface area is 158 Å². The monoisotopic (exact) mass is 360 g/mol. The summed E-state index contributed by atoms with van der Waals surface area (Å²) >= 11 is 1.87. The molecule has 26 heavy (non-hydrogen) atoms. The lowest BCUT2D eigenvalue weighted by Crippen LogP contribution is -1.99. The number of benzene rings is 3. The first kappa shape index (κ1) is 16.8. The van der Waals surface area contributed by atoms with Crippen LogP contribution in [0.15, 0.2) is 77.7 Å². The predicted octanol–water partition coefficient (Wildman–Crippen LogP) is 5.92. The van der Waals surface area contributed by atoms with E-state index >= 15 is 0 Å². The van der Waals surface area contributed by atoms with Crippen LogP contribution in [0.4, 0.5) is 0 Å². The van der Waals surface area contributed by atoms with Crippen molar-refractivity contribution in [3.05, 3.63) is 89.5 Å². The van der Waals surface area contributed by atoms with Gasteiger partial charge in [0.1, 0.15) is 18.1 Å². The SMILES string of the molecule is COc1cc(OCc2ccccc2)cc(C2=Cc3ccccc3SC2)c1. The molecule has 0 aliphatic carbocycles. The first-order chi connectivity index (χ1) is 12.8. The average molecular weight is 360 g/mol. The third-order valence-electron chi connectivity index (χ3n) is 4.37. The normalized spacial score (nSPS) is 12.9. The highest BCUT2D eigenvalue weighted by Gasteiger charge is 2.14. The van der Waals surface area contributed by atoms with Crippen LogP contribution in [0.5, 0.6) is 11.5 Å². The lowest BCUT2D eigenvalue weighted by molar-refractivity contribution is 0.303. The van der Waals surface area contributed by atoms with Crippen LogP contribution in [0, 0.1) is 0 Å². The molecule has 3 heteroatoms. The first-order valence-electron chi connectivity index (χ1n) is 8.60. The Bertz CT molecular complexity index is 932. The van der Waals surface area contributed by atoms with Gasteiger partial charge in [0.05, 0.1) is 7.11 Å². The lowest BCUT2D eigenvalue weighted by atomic mass is 10.0. The minimum Gasteiger partial charge on any atom is -0.497 e. The van der Waals surface area contributed by atoms with Gasteiger partial charge in [-0.05, 0) is 46.5 Å². The van der Waals surface area contributed by atoms with Crippen LogP contribution in [0.1, 0.15) is 16.7 Å². The first-order valence-corrected chi connectivity index (χ1v) is 9.59. The lowest BCUT2D eigenvalue weighted by Gasteiger charge is -2.18. The number of hydrogen-bond acceptors (Lipinski definition) is 3. The number of rotatable bonds is 5. The molecule has 3 aromatic carbocycles. The van der Waals surface area contributed by atoms with Gasteiger partial charge in [-0.2, -0.15) is 0 Å². The molecule has 0 amide bonds. The van der Waals surface area contributed by atoms with Crippen molar-refractivity contribution in [3.8, 4) is 11.5 Å². The van der Waals surface area contributed by atoms with Crippen LogP contribution in [0.25, 0.3) is 11.6 Å². The molecule has 0 spiro atoms. The van der Waals surface area contributed by atoms with Crippen molar-refractivity contribution in [3.63, 3.8) is 0 Å². The molecule has 0 saturated carbocycles. The van der Waals surface area contributed by atoms with Crippen molar-refractivity contribution in [2.75, 3.05) is 12.9 Å². The topological polar surface area (TPSA) is 18.5 Å². The van der Waals surface area contributed by atoms with Gasteiger partial charge in [0.25, 0.3) is 0 Å². The molecule has 4 rings (SSSR count). The van der Waals surface area contributed by atoms with E-state index in [1.165, 1.54) is 16.0 Å². The minimum atomic E-state index is 0.546. The maximum atomic E-state index is 6.02. The molecule has 1 heterocycles. The Kier molecular flexibility index (Phi) is 4.98. The highest BCUT2D eigenvalue weighted by atomic mass is 32.2. The van der Waals surface area contributed by atoms with Crippen LogP contribution in [0.2, 0.25) is 0 Å². The molecule has 0 fully saturated rings. The van der Waals surface area contributed by atoms with Crippen molar-refractivity contribution in [2.24, 2.45) is 0 Å². The Morgan fingerprint density at radius 2 is 1.65 bits per heavy atom. The number of fused-ring (bicyclic) bond motifs is 1. The molecular formula is C23H20O2S. The van der Waals surface area contributed by atoms with E-state index in [4.69, 9.17) is 9.47 Å². The molecule has 1 aliphatic heterocycles. The summed E-state index contributed by atoms with van der Waals surface area (Å²) in [4.78, 5) is 1.33. The van der Waals surface area contributed by atoms with Gasteiger partial charge in [-0.1, -0.05) is 48.5 Å². The summed E-state index contributed by atoms with van der Waals surface area (Å²) < 4.78 is 11.5. The number of methoxy groups -OCH3 is 1. The number of thioether (sulfide) groups is 1. The molecule has 2 nitrogen and oxygen atoms in total. The molecule has 0 unspecified atom stereocenters. The van der Waals surface area contributed by atoms with Crippen LogP contribution >= 0.6 is 11.8 Å². The second-order valence-electron chi connectivity index (χ2n) is 6.17. The summed E-state index contributed by atoms with van der Waals surface area (Å²) in [6, 6.07) is 24.8. The van der Waals surface area contributed by atoms with Gasteiger partial charge in [-0.3, -0.25) is 0 Å². The summed E-state index contributed by atoms with van der Waals surface area (Å²) in [5, 5.41) is 0. The molecular weight excluding hydrogens is 340 g/mol. The van der Waals surface area contributed by atoms with Gasteiger partial charge in [0.15, 0.2) is 0 Å². The quantitative estimate of drug-likeness (QED) is 0.562. The largest absolute Gasteiger partial charge is 0.497 e. The summed E-state index contributed by atoms with van der Waals surface area (Å²) in [6.07, 6.45) is 2.27. The zero-order chi connectivity index (χ0) is 17.8. The van der Waals surface area contributed by atoms with Crippen LogP contribution < -0.4 is 9.47 Å². The van der Waals surface area contributed by atoms with Gasteiger partial charge in [-0.15, -0.1) is 11.8 Å². The van der Waals surface area contributed by atoms with Gasteiger partial charge < -0.3 is 9.47 Å². The van der Waals surface area contributed by atoms with E-state index < -0.39 is 0 Å². The van der Waals surface area contributed by atoms with E-state index in [0.717, 1.165) is 28.4 Å². The zero-order valence-corrected chi connectivity index (χ0v) is 15.5. The number of ether oxygens (including phenoxy) is 2. The highest BCUT2D eigenvalue weighted by molar-refractivity contribution is 7.99. The maximum absolute atomic E-state index is 6.02. The maximum Gasteiger partial charge on any atom is 0.124 e. The predicted molar refractivity (Wildman–Crippen MR) is 109 cm³/mol. The van der Waals surface area contributed by atoms with Gasteiger partial charge >= 0.3 is 0 Å². The van der Waals surface area contributed by atoms with E-state index in [0.29, 0.717) is 6.61 Å². The molecule has 0 saturated heterocycles. The molecule has 0 radical (unpaired) electrons. The minimum absolute atomic E-state index is 0.546. The summed E-state index contributed by atoms with van der Waals surface area (Å²) in [6.45, 7) is 0.546. The van der Waals surface area contributed by atoms with Crippen molar-refractivity contribution in [1.82, 2.24) is 0 Å². The third-order valence-corrected chi connectivity index (χ3v) is 5.50. The fraction of sp³-hybridized carbons (Fsp3) is 0.130. The molecule has 130 valence electrons. The van der Waals surface area contributed by atoms with E-state index in [1.807, 2.05) is 36.0 Å². The number of hydrogen-bond donors (Lipinski definition) is 0. The van der Waals surface area contributed by atoms with Crippen LogP contribution in [0.3, 0.4) is 0 Å². The van der Waals surface area contributed by atoms with E-state index in [2.05, 4.69) is 54.6 Å². The fourth-order valence-electron chi connectivity index (χ4n) is 2.98. The Balaban J connectivity index is 1.61. The van der Waals surface area contributed by atoms with Crippen molar-refractivity contribution < 1.29 is 9.47 Å². The summed E-state index contributed by atoms with van der Waals surface area (Å²) in [5.41, 5.74) is 4.86. The van der Waals surface area contributed by atoms with Crippen LogP contribution in [-0.4, -0.2) is 12.9 Å². The molecule has 0 atom stereocenters. The second kappa shape index (κ2) is 7.71. The zero-order valence-electron chi connectivity index (χ0n) is 14.6. The highest BCUT2D eigenvalue weighted by Crippen LogP contribution is 2.37. The van der Waals surface area contributed by atoms with Gasteiger partial charge in [0, 0.05) is 16.7 Å². The van der Waals surface area contributed by atoms with Crippen molar-refractivity contribution >= 4 is 23.4 Å². The van der Waals surface area contributed by atoms with Gasteiger partial charge in [-0.25, -0.2) is 0 Å². The van der Waals surface area contributed by atoms with Crippen LogP contribution in [-0.2, 0) is 6.61 Å². The molecule has 0 bridgehead atoms. The molecule has 0 aromatic heterocycles. The standard InChI is InChI=1S/C23H20O2S/c1-24-21-12-19(20-11-18-9-5-6-10-23(18)26-16-20)13-22(14-21)25-15-17-7-3-2-4-8-17/h2-14H,15-16H2,1H3. The molecule has 0 N–H and O–H groups in total. The Morgan fingerprint density at radius 3 is 2.50 bits per heavy atom. The second-order valence-corrected chi connectivity index (χ2v) is 7.18. The Hall–Kier alpha value is -2.65. The van der Waals surface area contributed by atoms with Gasteiger partial charge in [0.2, 0.25) is 0 Å². The fourth-order valence-corrected chi connectivity index (χ4v) is 4.01. The Morgan fingerprint density at radius 1 is 0.885 bits per heavy atom. The third kappa shape index (κ3) is 3.78. The van der Waals surface area contributed by atoms with E-state index in [1.54, 1.807) is 7.11 Å². The van der Waals surface area contributed by atoms with E-state index in [9.17, 15) is 0 Å². The van der Waals surface area contributed by atoms with Crippen molar-refractivity contribution in [1.29, 1.82) is 0 Å². The molecule has 1 aliphatic rings. The molecule has 3 aromatic rings. The summed E-state index contributed by atoms with van der Waals surface area (Å²) in [7, 11) is 1.69. The average Bonchev–Trinajstić information content (AvgIpc) is 2.72. The van der Waals surface area contributed by atoms with E-state index in [-0.39, 0.29) is 0 Å². The smallest absolute Gasteiger partial charge is 0.124 e. The van der Waals surface area contributed by atoms with Crippen molar-refractivity contribution in [2.45, 2.75) is 11.5 Å².